The van der Waals surface area contributed by atoms with Crippen LogP contribution in [0.3, 0.4) is 0 Å². The smallest absolute Gasteiger partial charge is 0.0702 e. The monoisotopic (exact) mass is 295 g/mol. The van der Waals surface area contributed by atoms with Gasteiger partial charge >= 0.3 is 0 Å². The average molecular weight is 296 g/mol. The van der Waals surface area contributed by atoms with Crippen LogP contribution in [0.15, 0.2) is 40.2 Å². The maximum absolute atomic E-state index is 3.47. The predicted molar refractivity (Wildman–Crippen MR) is 75.2 cm³/mol. The van der Waals surface area contributed by atoms with Crippen LogP contribution in [0.25, 0.3) is 0 Å². The van der Waals surface area contributed by atoms with E-state index in [1.165, 1.54) is 19.9 Å². The van der Waals surface area contributed by atoms with Gasteiger partial charge in [0.25, 0.3) is 0 Å². The predicted octanol–water partition coefficient (Wildman–Crippen LogP) is 4.69. The van der Waals surface area contributed by atoms with Gasteiger partial charge in [-0.3, -0.25) is 0 Å². The molecule has 0 radical (unpaired) electrons. The highest BCUT2D eigenvalue weighted by molar-refractivity contribution is 9.11. The maximum Gasteiger partial charge on any atom is 0.0702 e. The molecule has 0 fully saturated rings. The molecule has 2 rings (SSSR count). The molecule has 1 N–H and O–H groups in total. The first-order valence-electron chi connectivity index (χ1n) is 5.35. The fraction of sp³-hybridized carbons (Fsp3) is 0.231. The summed E-state index contributed by atoms with van der Waals surface area (Å²) in [5.74, 6) is 0. The number of hydrogen-bond donors (Lipinski definition) is 1. The topological polar surface area (TPSA) is 12.0 Å². The van der Waals surface area contributed by atoms with Crippen LogP contribution in [-0.4, -0.2) is 0 Å². The van der Waals surface area contributed by atoms with Crippen molar-refractivity contribution in [2.24, 2.45) is 0 Å². The third-order valence-corrected chi connectivity index (χ3v) is 4.08. The second-order valence-corrected chi connectivity index (χ2v) is 6.16. The summed E-state index contributed by atoms with van der Waals surface area (Å²) >= 11 is 5.24. The van der Waals surface area contributed by atoms with Gasteiger partial charge in [0, 0.05) is 17.1 Å². The van der Waals surface area contributed by atoms with Crippen LogP contribution >= 0.6 is 27.3 Å². The van der Waals surface area contributed by atoms with Gasteiger partial charge in [0.05, 0.1) is 3.79 Å². The molecule has 3 heteroatoms. The third kappa shape index (κ3) is 3.09. The lowest BCUT2D eigenvalue weighted by atomic mass is 10.1. The molecule has 1 nitrogen and oxygen atoms in total. The van der Waals surface area contributed by atoms with E-state index in [0.717, 1.165) is 13.0 Å². The molecule has 1 aromatic heterocycles. The number of thiophene rings is 1. The van der Waals surface area contributed by atoms with Crippen LogP contribution in [0.2, 0.25) is 0 Å². The Hall–Kier alpha value is -0.800. The highest BCUT2D eigenvalue weighted by Gasteiger charge is 1.97. The molecule has 84 valence electrons. The molecular formula is C13H14BrNS. The fourth-order valence-corrected chi connectivity index (χ4v) is 2.92. The van der Waals surface area contributed by atoms with E-state index in [1.54, 1.807) is 11.3 Å². The molecule has 0 spiro atoms. The fourth-order valence-electron chi connectivity index (χ4n) is 1.49. The van der Waals surface area contributed by atoms with Crippen LogP contribution in [0.4, 0.5) is 5.69 Å². The van der Waals surface area contributed by atoms with Crippen molar-refractivity contribution >= 4 is 33.0 Å². The van der Waals surface area contributed by atoms with E-state index < -0.39 is 0 Å². The van der Waals surface area contributed by atoms with E-state index in [9.17, 15) is 0 Å². The molecule has 0 atom stereocenters. The first kappa shape index (κ1) is 11.7. The van der Waals surface area contributed by atoms with Crippen molar-refractivity contribution in [3.05, 3.63) is 50.6 Å². The summed E-state index contributed by atoms with van der Waals surface area (Å²) in [6.07, 6.45) is 1.10. The summed E-state index contributed by atoms with van der Waals surface area (Å²) in [5.41, 5.74) is 2.56. The van der Waals surface area contributed by atoms with Gasteiger partial charge in [-0.15, -0.1) is 11.3 Å². The van der Waals surface area contributed by atoms with E-state index in [-0.39, 0.29) is 0 Å². The van der Waals surface area contributed by atoms with Crippen LogP contribution < -0.4 is 5.32 Å². The van der Waals surface area contributed by atoms with Crippen molar-refractivity contribution in [1.29, 1.82) is 0 Å². The summed E-state index contributed by atoms with van der Waals surface area (Å²) in [6, 6.07) is 12.9. The summed E-state index contributed by atoms with van der Waals surface area (Å²) in [7, 11) is 0. The number of anilines is 1. The molecule has 1 aromatic carbocycles. The van der Waals surface area contributed by atoms with Crippen molar-refractivity contribution in [2.45, 2.75) is 19.9 Å². The van der Waals surface area contributed by atoms with E-state index in [4.69, 9.17) is 0 Å². The number of hydrogen-bond acceptors (Lipinski definition) is 2. The molecule has 0 aliphatic carbocycles. The molecule has 0 bridgehead atoms. The lowest BCUT2D eigenvalue weighted by molar-refractivity contribution is 1.13. The number of rotatable bonds is 4. The van der Waals surface area contributed by atoms with Crippen LogP contribution in [0.5, 0.6) is 0 Å². The Kier molecular flexibility index (Phi) is 4.02. The van der Waals surface area contributed by atoms with Gasteiger partial charge in [0.1, 0.15) is 0 Å². The number of benzene rings is 1. The molecule has 0 unspecified atom stereocenters. The van der Waals surface area contributed by atoms with E-state index >= 15 is 0 Å². The van der Waals surface area contributed by atoms with Crippen LogP contribution in [0.1, 0.15) is 17.4 Å². The molecule has 2 aromatic rings. The Bertz CT molecular complexity index is 447. The third-order valence-electron chi connectivity index (χ3n) is 2.46. The lowest BCUT2D eigenvalue weighted by Gasteiger charge is -2.05. The number of halogens is 1. The normalized spacial score (nSPS) is 10.4. The summed E-state index contributed by atoms with van der Waals surface area (Å²) in [6.45, 7) is 3.06. The van der Waals surface area contributed by atoms with Crippen LogP contribution in [0, 0.1) is 0 Å². The zero-order chi connectivity index (χ0) is 11.4. The lowest BCUT2D eigenvalue weighted by Crippen LogP contribution is -1.97. The van der Waals surface area contributed by atoms with Gasteiger partial charge in [-0.25, -0.2) is 0 Å². The largest absolute Gasteiger partial charge is 0.380 e. The molecule has 0 aliphatic heterocycles. The van der Waals surface area contributed by atoms with Crippen molar-refractivity contribution < 1.29 is 0 Å². The van der Waals surface area contributed by atoms with Crippen LogP contribution in [-0.2, 0) is 13.0 Å². The second-order valence-electron chi connectivity index (χ2n) is 3.61. The van der Waals surface area contributed by atoms with Gasteiger partial charge in [0.15, 0.2) is 0 Å². The standard InChI is InChI=1S/C13H14BrNS/c1-2-10-3-5-11(6-4-10)15-9-12-7-8-13(14)16-12/h3-8,15H,2,9H2,1H3. The minimum absolute atomic E-state index is 0.891. The molecule has 0 saturated carbocycles. The number of aryl methyl sites for hydroxylation is 1. The van der Waals surface area contributed by atoms with Gasteiger partial charge in [-0.2, -0.15) is 0 Å². The highest BCUT2D eigenvalue weighted by Crippen LogP contribution is 2.23. The van der Waals surface area contributed by atoms with Gasteiger partial charge in [-0.1, -0.05) is 19.1 Å². The van der Waals surface area contributed by atoms with E-state index in [0.29, 0.717) is 0 Å². The van der Waals surface area contributed by atoms with E-state index in [1.807, 2.05) is 0 Å². The Labute approximate surface area is 109 Å². The summed E-state index contributed by atoms with van der Waals surface area (Å²) in [4.78, 5) is 1.34. The minimum atomic E-state index is 0.891. The van der Waals surface area contributed by atoms with Gasteiger partial charge < -0.3 is 5.32 Å². The highest BCUT2D eigenvalue weighted by atomic mass is 79.9. The van der Waals surface area contributed by atoms with Gasteiger partial charge in [-0.05, 0) is 52.2 Å². The second kappa shape index (κ2) is 5.51. The molecular weight excluding hydrogens is 282 g/mol. The zero-order valence-corrected chi connectivity index (χ0v) is 11.6. The first-order valence-corrected chi connectivity index (χ1v) is 6.96. The van der Waals surface area contributed by atoms with E-state index in [2.05, 4.69) is 64.6 Å². The quantitative estimate of drug-likeness (QED) is 0.863. The Morgan fingerprint density at radius 1 is 1.12 bits per heavy atom. The van der Waals surface area contributed by atoms with Crippen molar-refractivity contribution in [2.75, 3.05) is 5.32 Å². The molecule has 16 heavy (non-hydrogen) atoms. The molecule has 0 saturated heterocycles. The average Bonchev–Trinajstić information content (AvgIpc) is 2.73. The van der Waals surface area contributed by atoms with Gasteiger partial charge in [0.2, 0.25) is 0 Å². The first-order chi connectivity index (χ1) is 7.78. The maximum atomic E-state index is 3.47. The van der Waals surface area contributed by atoms with Crippen molar-refractivity contribution in [3.8, 4) is 0 Å². The molecule has 0 aliphatic rings. The molecule has 0 amide bonds. The number of nitrogens with one attached hydrogen (secondary N) is 1. The SMILES string of the molecule is CCc1ccc(NCc2ccc(Br)s2)cc1. The molecule has 1 heterocycles. The summed E-state index contributed by atoms with van der Waals surface area (Å²) in [5, 5.41) is 3.42. The zero-order valence-electron chi connectivity index (χ0n) is 9.16. The Balaban J connectivity index is 1.94. The Morgan fingerprint density at radius 2 is 1.88 bits per heavy atom. The van der Waals surface area contributed by atoms with Crippen molar-refractivity contribution in [3.63, 3.8) is 0 Å². The minimum Gasteiger partial charge on any atom is -0.380 e. The Morgan fingerprint density at radius 3 is 2.44 bits per heavy atom. The van der Waals surface area contributed by atoms with Crippen molar-refractivity contribution in [1.82, 2.24) is 0 Å². The summed E-state index contributed by atoms with van der Waals surface area (Å²) < 4.78 is 1.19.